The van der Waals surface area contributed by atoms with Gasteiger partial charge in [0.15, 0.2) is 0 Å². The maximum Gasteiger partial charge on any atom is 0.263 e. The fourth-order valence-electron chi connectivity index (χ4n) is 4.74. The van der Waals surface area contributed by atoms with Crippen LogP contribution < -0.4 is 5.56 Å². The SMILES string of the molecule is Cc1ccccc1[C@@H]1[C@@H]2CN(C(=O)c3cccn(C)c3=O)C[C@@H]2CN1C.Cl. The molecule has 2 aromatic rings. The van der Waals surface area contributed by atoms with Crippen LogP contribution in [0.5, 0.6) is 0 Å². The first kappa shape index (κ1) is 19.6. The molecule has 0 N–H and O–H groups in total. The summed E-state index contributed by atoms with van der Waals surface area (Å²) >= 11 is 0. The van der Waals surface area contributed by atoms with E-state index >= 15 is 0 Å². The van der Waals surface area contributed by atoms with Crippen molar-refractivity contribution in [3.05, 3.63) is 69.6 Å². The lowest BCUT2D eigenvalue weighted by Gasteiger charge is -2.28. The number of carbonyl (C=O) groups is 1. The number of pyridine rings is 1. The van der Waals surface area contributed by atoms with E-state index in [9.17, 15) is 9.59 Å². The van der Waals surface area contributed by atoms with Crippen LogP contribution in [0.1, 0.15) is 27.5 Å². The second-order valence-corrected chi connectivity index (χ2v) is 7.71. The number of hydrogen-bond donors (Lipinski definition) is 0. The highest BCUT2D eigenvalue weighted by Crippen LogP contribution is 2.44. The molecule has 144 valence electrons. The Hall–Kier alpha value is -2.11. The minimum atomic E-state index is -0.220. The first-order valence-corrected chi connectivity index (χ1v) is 9.18. The Morgan fingerprint density at radius 3 is 2.52 bits per heavy atom. The summed E-state index contributed by atoms with van der Waals surface area (Å²) in [7, 11) is 3.86. The zero-order valence-electron chi connectivity index (χ0n) is 16.0. The average Bonchev–Trinajstić information content (AvgIpc) is 3.14. The van der Waals surface area contributed by atoms with Gasteiger partial charge in [0.2, 0.25) is 0 Å². The van der Waals surface area contributed by atoms with Gasteiger partial charge < -0.3 is 9.47 Å². The van der Waals surface area contributed by atoms with E-state index in [-0.39, 0.29) is 29.4 Å². The summed E-state index contributed by atoms with van der Waals surface area (Å²) in [6.07, 6.45) is 1.68. The number of aromatic nitrogens is 1. The summed E-state index contributed by atoms with van der Waals surface area (Å²) in [5, 5.41) is 0. The van der Waals surface area contributed by atoms with Gasteiger partial charge in [-0.25, -0.2) is 0 Å². The Balaban J connectivity index is 0.00000210. The van der Waals surface area contributed by atoms with Crippen LogP contribution >= 0.6 is 12.4 Å². The molecule has 0 spiro atoms. The summed E-state index contributed by atoms with van der Waals surface area (Å²) in [6, 6.07) is 12.3. The van der Waals surface area contributed by atoms with Crippen LogP contribution in [-0.4, -0.2) is 47.0 Å². The van der Waals surface area contributed by atoms with Crippen molar-refractivity contribution in [2.45, 2.75) is 13.0 Å². The van der Waals surface area contributed by atoms with Gasteiger partial charge in [-0.1, -0.05) is 24.3 Å². The number of amides is 1. The van der Waals surface area contributed by atoms with Crippen molar-refractivity contribution in [1.29, 1.82) is 0 Å². The van der Waals surface area contributed by atoms with E-state index in [2.05, 4.69) is 43.1 Å². The molecule has 0 bridgehead atoms. The van der Waals surface area contributed by atoms with Crippen LogP contribution in [0.3, 0.4) is 0 Å². The molecular formula is C21H26ClN3O2. The molecule has 2 fully saturated rings. The highest BCUT2D eigenvalue weighted by molar-refractivity contribution is 5.94. The lowest BCUT2D eigenvalue weighted by atomic mass is 9.88. The number of nitrogens with zero attached hydrogens (tertiary/aromatic N) is 3. The molecular weight excluding hydrogens is 362 g/mol. The molecule has 3 heterocycles. The minimum absolute atomic E-state index is 0. The molecule has 27 heavy (non-hydrogen) atoms. The average molecular weight is 388 g/mol. The van der Waals surface area contributed by atoms with Gasteiger partial charge in [0.1, 0.15) is 5.56 Å². The highest BCUT2D eigenvalue weighted by Gasteiger charge is 2.47. The lowest BCUT2D eigenvalue weighted by Crippen LogP contribution is -2.37. The molecule has 0 unspecified atom stereocenters. The number of hydrogen-bond acceptors (Lipinski definition) is 3. The van der Waals surface area contributed by atoms with Crippen LogP contribution in [0.25, 0.3) is 0 Å². The molecule has 0 saturated carbocycles. The normalized spacial score (nSPS) is 24.6. The third kappa shape index (κ3) is 3.30. The Kier molecular flexibility index (Phi) is 5.45. The minimum Gasteiger partial charge on any atom is -0.338 e. The van der Waals surface area contributed by atoms with E-state index in [1.54, 1.807) is 25.4 Å². The topological polar surface area (TPSA) is 45.6 Å². The molecule has 5 nitrogen and oxygen atoms in total. The Bertz CT molecular complexity index is 910. The third-order valence-corrected chi connectivity index (χ3v) is 6.04. The van der Waals surface area contributed by atoms with E-state index in [0.717, 1.165) is 13.1 Å². The number of carbonyl (C=O) groups excluding carboxylic acids is 1. The third-order valence-electron chi connectivity index (χ3n) is 6.04. The monoisotopic (exact) mass is 387 g/mol. The molecule has 1 aromatic carbocycles. The Labute approximate surface area is 166 Å². The maximum absolute atomic E-state index is 12.9. The standard InChI is InChI=1S/C21H25N3O2.ClH/c1-14-7-4-5-8-16(14)19-18-13-24(12-15(18)11-23(19)3)21(26)17-9-6-10-22(2)20(17)25;/h4-10,15,18-19H,11-13H2,1-3H3;1H/t15-,18+,19+;/m0./s1. The van der Waals surface area contributed by atoms with Crippen molar-refractivity contribution in [2.24, 2.45) is 18.9 Å². The van der Waals surface area contributed by atoms with Gasteiger partial charge in [0.25, 0.3) is 11.5 Å². The van der Waals surface area contributed by atoms with Crippen LogP contribution in [-0.2, 0) is 7.05 Å². The number of aryl methyl sites for hydroxylation is 2. The van der Waals surface area contributed by atoms with Crippen molar-refractivity contribution in [2.75, 3.05) is 26.7 Å². The van der Waals surface area contributed by atoms with E-state index in [1.165, 1.54) is 15.7 Å². The number of halogens is 1. The fourth-order valence-corrected chi connectivity index (χ4v) is 4.74. The van der Waals surface area contributed by atoms with Gasteiger partial charge in [0.05, 0.1) is 0 Å². The maximum atomic E-state index is 12.9. The molecule has 0 radical (unpaired) electrons. The molecule has 0 aliphatic carbocycles. The van der Waals surface area contributed by atoms with Gasteiger partial charge in [-0.2, -0.15) is 0 Å². The fraction of sp³-hybridized carbons (Fsp3) is 0.429. The van der Waals surface area contributed by atoms with Crippen molar-refractivity contribution in [1.82, 2.24) is 14.4 Å². The van der Waals surface area contributed by atoms with Gasteiger partial charge in [-0.15, -0.1) is 12.4 Å². The predicted molar refractivity (Wildman–Crippen MR) is 108 cm³/mol. The summed E-state index contributed by atoms with van der Waals surface area (Å²) in [5.41, 5.74) is 2.71. The summed E-state index contributed by atoms with van der Waals surface area (Å²) in [5.74, 6) is 0.741. The predicted octanol–water partition coefficient (Wildman–Crippen LogP) is 2.49. The number of likely N-dealkylation sites (tertiary alicyclic amines) is 2. The molecule has 3 atom stereocenters. The van der Waals surface area contributed by atoms with Crippen molar-refractivity contribution in [3.63, 3.8) is 0 Å². The Morgan fingerprint density at radius 1 is 1.04 bits per heavy atom. The van der Waals surface area contributed by atoms with E-state index < -0.39 is 0 Å². The van der Waals surface area contributed by atoms with Crippen LogP contribution in [0.2, 0.25) is 0 Å². The largest absolute Gasteiger partial charge is 0.338 e. The summed E-state index contributed by atoms with van der Waals surface area (Å²) < 4.78 is 1.47. The zero-order chi connectivity index (χ0) is 18.4. The molecule has 6 heteroatoms. The van der Waals surface area contributed by atoms with E-state index in [4.69, 9.17) is 0 Å². The van der Waals surface area contributed by atoms with E-state index in [0.29, 0.717) is 24.4 Å². The molecule has 1 amide bonds. The molecule has 2 aliphatic heterocycles. The summed E-state index contributed by atoms with van der Waals surface area (Å²) in [6.45, 7) is 4.58. The Morgan fingerprint density at radius 2 is 1.78 bits per heavy atom. The number of rotatable bonds is 2. The van der Waals surface area contributed by atoms with E-state index in [1.807, 2.05) is 4.90 Å². The van der Waals surface area contributed by atoms with Crippen molar-refractivity contribution < 1.29 is 4.79 Å². The van der Waals surface area contributed by atoms with Gasteiger partial charge in [0, 0.05) is 44.8 Å². The lowest BCUT2D eigenvalue weighted by molar-refractivity contribution is 0.0765. The quantitative estimate of drug-likeness (QED) is 0.795. The molecule has 4 rings (SSSR count). The number of fused-ring (bicyclic) bond motifs is 1. The second kappa shape index (κ2) is 7.49. The first-order chi connectivity index (χ1) is 12.5. The van der Waals surface area contributed by atoms with Crippen molar-refractivity contribution >= 4 is 18.3 Å². The van der Waals surface area contributed by atoms with Crippen molar-refractivity contribution in [3.8, 4) is 0 Å². The highest BCUT2D eigenvalue weighted by atomic mass is 35.5. The summed E-state index contributed by atoms with van der Waals surface area (Å²) in [4.78, 5) is 29.5. The zero-order valence-corrected chi connectivity index (χ0v) is 16.8. The smallest absolute Gasteiger partial charge is 0.263 e. The number of benzene rings is 1. The van der Waals surface area contributed by atoms with Gasteiger partial charge in [-0.05, 0) is 43.1 Å². The molecule has 2 saturated heterocycles. The molecule has 1 aromatic heterocycles. The molecule has 2 aliphatic rings. The second-order valence-electron chi connectivity index (χ2n) is 7.71. The van der Waals surface area contributed by atoms with Gasteiger partial charge in [-0.3, -0.25) is 14.5 Å². The first-order valence-electron chi connectivity index (χ1n) is 9.18. The van der Waals surface area contributed by atoms with Crippen LogP contribution in [0, 0.1) is 18.8 Å². The van der Waals surface area contributed by atoms with Gasteiger partial charge >= 0.3 is 0 Å². The van der Waals surface area contributed by atoms with Crippen LogP contribution in [0.4, 0.5) is 0 Å². The van der Waals surface area contributed by atoms with Crippen LogP contribution in [0.15, 0.2) is 47.4 Å².